The van der Waals surface area contributed by atoms with Crippen molar-refractivity contribution in [2.75, 3.05) is 20.1 Å². The number of hydrogen-bond donors (Lipinski definition) is 0. The highest BCUT2D eigenvalue weighted by molar-refractivity contribution is 5.31. The monoisotopic (exact) mass is 217 g/mol. The molecule has 0 aliphatic carbocycles. The summed E-state index contributed by atoms with van der Waals surface area (Å²) in [5, 5.41) is 0. The van der Waals surface area contributed by atoms with Crippen LogP contribution in [0.2, 0.25) is 0 Å². The molecular weight excluding hydrogens is 194 g/mol. The Labute approximate surface area is 99.5 Å². The average Bonchev–Trinajstić information content (AvgIpc) is 2.67. The first-order valence-corrected chi connectivity index (χ1v) is 6.46. The molecule has 1 heteroatoms. The summed E-state index contributed by atoms with van der Waals surface area (Å²) in [6.45, 7) is 7.01. The van der Waals surface area contributed by atoms with Crippen molar-refractivity contribution >= 4 is 0 Å². The van der Waals surface area contributed by atoms with Gasteiger partial charge in [0.2, 0.25) is 0 Å². The van der Waals surface area contributed by atoms with Crippen LogP contribution in [-0.4, -0.2) is 25.0 Å². The highest BCUT2D eigenvalue weighted by Gasteiger charge is 2.19. The average molecular weight is 217 g/mol. The maximum absolute atomic E-state index is 2.44. The van der Waals surface area contributed by atoms with E-state index in [-0.39, 0.29) is 0 Å². The predicted octanol–water partition coefficient (Wildman–Crippen LogP) is 3.05. The Bertz CT molecular complexity index is 356. The Morgan fingerprint density at radius 1 is 1.38 bits per heavy atom. The molecule has 1 nitrogen and oxygen atoms in total. The van der Waals surface area contributed by atoms with Gasteiger partial charge >= 0.3 is 0 Å². The standard InChI is InChI=1S/C15H23N/c1-4-15-10-13(6-5-12(15)2)9-14-7-8-16(3)11-14/h5-6,10,14H,4,7-9,11H2,1-3H3. The third-order valence-electron chi connectivity index (χ3n) is 3.81. The molecule has 0 bridgehead atoms. The molecule has 1 atom stereocenters. The first-order valence-electron chi connectivity index (χ1n) is 6.46. The molecule has 2 rings (SSSR count). The summed E-state index contributed by atoms with van der Waals surface area (Å²) in [7, 11) is 2.23. The number of nitrogens with zero attached hydrogens (tertiary/aromatic N) is 1. The van der Waals surface area contributed by atoms with E-state index in [4.69, 9.17) is 0 Å². The molecule has 0 N–H and O–H groups in total. The van der Waals surface area contributed by atoms with Crippen LogP contribution in [0.25, 0.3) is 0 Å². The van der Waals surface area contributed by atoms with Gasteiger partial charge in [-0.15, -0.1) is 0 Å². The van der Waals surface area contributed by atoms with Crippen molar-refractivity contribution in [1.29, 1.82) is 0 Å². The molecule has 0 radical (unpaired) electrons. The minimum atomic E-state index is 0.873. The summed E-state index contributed by atoms with van der Waals surface area (Å²) < 4.78 is 0. The first kappa shape index (κ1) is 11.7. The third-order valence-corrected chi connectivity index (χ3v) is 3.81. The molecule has 1 saturated heterocycles. The highest BCUT2D eigenvalue weighted by Crippen LogP contribution is 2.21. The molecule has 88 valence electrons. The normalized spacial score (nSPS) is 21.6. The fraction of sp³-hybridized carbons (Fsp3) is 0.600. The van der Waals surface area contributed by atoms with Crippen molar-refractivity contribution in [2.24, 2.45) is 5.92 Å². The minimum absolute atomic E-state index is 0.873. The van der Waals surface area contributed by atoms with Crippen LogP contribution in [0.4, 0.5) is 0 Å². The number of hydrogen-bond acceptors (Lipinski definition) is 1. The molecule has 0 aromatic heterocycles. The van der Waals surface area contributed by atoms with Gasteiger partial charge in [-0.3, -0.25) is 0 Å². The summed E-state index contributed by atoms with van der Waals surface area (Å²) >= 11 is 0. The van der Waals surface area contributed by atoms with Crippen LogP contribution >= 0.6 is 0 Å². The van der Waals surface area contributed by atoms with E-state index in [1.54, 1.807) is 0 Å². The zero-order valence-electron chi connectivity index (χ0n) is 10.8. The largest absolute Gasteiger partial charge is 0.306 e. The molecule has 1 aromatic rings. The van der Waals surface area contributed by atoms with E-state index in [1.807, 2.05) is 0 Å². The van der Waals surface area contributed by atoms with Crippen LogP contribution in [0.5, 0.6) is 0 Å². The fourth-order valence-electron chi connectivity index (χ4n) is 2.76. The second-order valence-electron chi connectivity index (χ2n) is 5.24. The van der Waals surface area contributed by atoms with Gasteiger partial charge in [-0.25, -0.2) is 0 Å². The lowest BCUT2D eigenvalue weighted by atomic mass is 9.95. The minimum Gasteiger partial charge on any atom is -0.306 e. The molecule has 0 saturated carbocycles. The third kappa shape index (κ3) is 2.65. The molecule has 1 aliphatic rings. The van der Waals surface area contributed by atoms with Crippen LogP contribution < -0.4 is 0 Å². The molecule has 1 unspecified atom stereocenters. The van der Waals surface area contributed by atoms with Crippen molar-refractivity contribution in [3.8, 4) is 0 Å². The first-order chi connectivity index (χ1) is 7.69. The topological polar surface area (TPSA) is 3.24 Å². The van der Waals surface area contributed by atoms with Gasteiger partial charge in [0.15, 0.2) is 0 Å². The van der Waals surface area contributed by atoms with Gasteiger partial charge in [0.25, 0.3) is 0 Å². The van der Waals surface area contributed by atoms with E-state index in [0.29, 0.717) is 0 Å². The Morgan fingerprint density at radius 2 is 2.19 bits per heavy atom. The molecule has 16 heavy (non-hydrogen) atoms. The van der Waals surface area contributed by atoms with E-state index in [0.717, 1.165) is 12.3 Å². The lowest BCUT2D eigenvalue weighted by molar-refractivity contribution is 0.394. The van der Waals surface area contributed by atoms with E-state index >= 15 is 0 Å². The van der Waals surface area contributed by atoms with Gasteiger partial charge in [0, 0.05) is 6.54 Å². The van der Waals surface area contributed by atoms with E-state index in [1.165, 1.54) is 42.6 Å². The zero-order valence-corrected chi connectivity index (χ0v) is 10.8. The number of benzene rings is 1. The molecule has 0 spiro atoms. The lowest BCUT2D eigenvalue weighted by Gasteiger charge is -2.12. The second-order valence-corrected chi connectivity index (χ2v) is 5.24. The summed E-state index contributed by atoms with van der Waals surface area (Å²) in [6.07, 6.45) is 3.79. The lowest BCUT2D eigenvalue weighted by Crippen LogP contribution is -2.15. The van der Waals surface area contributed by atoms with Crippen molar-refractivity contribution < 1.29 is 0 Å². The van der Waals surface area contributed by atoms with Gasteiger partial charge in [-0.2, -0.15) is 0 Å². The molecule has 1 heterocycles. The van der Waals surface area contributed by atoms with Crippen LogP contribution in [-0.2, 0) is 12.8 Å². The Morgan fingerprint density at radius 3 is 2.81 bits per heavy atom. The van der Waals surface area contributed by atoms with Gasteiger partial charge in [0.1, 0.15) is 0 Å². The summed E-state index contributed by atoms with van der Waals surface area (Å²) in [4.78, 5) is 2.44. The maximum Gasteiger partial charge on any atom is 0.00103 e. The van der Waals surface area contributed by atoms with E-state index < -0.39 is 0 Å². The van der Waals surface area contributed by atoms with Gasteiger partial charge in [-0.05, 0) is 62.4 Å². The van der Waals surface area contributed by atoms with Crippen LogP contribution in [0, 0.1) is 12.8 Å². The molecule has 1 aliphatic heterocycles. The molecule has 1 aromatic carbocycles. The Hall–Kier alpha value is -0.820. The number of aryl methyl sites for hydroxylation is 2. The van der Waals surface area contributed by atoms with Crippen molar-refractivity contribution in [2.45, 2.75) is 33.1 Å². The Kier molecular flexibility index (Phi) is 3.65. The van der Waals surface area contributed by atoms with Crippen molar-refractivity contribution in [1.82, 2.24) is 4.90 Å². The smallest absolute Gasteiger partial charge is 0.00103 e. The van der Waals surface area contributed by atoms with Crippen LogP contribution in [0.15, 0.2) is 18.2 Å². The summed E-state index contributed by atoms with van der Waals surface area (Å²) in [5.41, 5.74) is 4.49. The van der Waals surface area contributed by atoms with Crippen LogP contribution in [0.3, 0.4) is 0 Å². The van der Waals surface area contributed by atoms with Crippen LogP contribution in [0.1, 0.15) is 30.0 Å². The predicted molar refractivity (Wildman–Crippen MR) is 69.9 cm³/mol. The molecule has 1 fully saturated rings. The van der Waals surface area contributed by atoms with Gasteiger partial charge < -0.3 is 4.90 Å². The number of likely N-dealkylation sites (tertiary alicyclic amines) is 1. The van der Waals surface area contributed by atoms with E-state index in [2.05, 4.69) is 44.0 Å². The molecule has 0 amide bonds. The zero-order chi connectivity index (χ0) is 11.5. The second kappa shape index (κ2) is 5.01. The number of rotatable bonds is 3. The summed E-state index contributed by atoms with van der Waals surface area (Å²) in [5.74, 6) is 0.873. The summed E-state index contributed by atoms with van der Waals surface area (Å²) in [6, 6.07) is 7.01. The quantitative estimate of drug-likeness (QED) is 0.752. The van der Waals surface area contributed by atoms with Gasteiger partial charge in [0.05, 0.1) is 0 Å². The van der Waals surface area contributed by atoms with Crippen molar-refractivity contribution in [3.05, 3.63) is 34.9 Å². The van der Waals surface area contributed by atoms with Crippen molar-refractivity contribution in [3.63, 3.8) is 0 Å². The van der Waals surface area contributed by atoms with Gasteiger partial charge in [-0.1, -0.05) is 25.1 Å². The fourth-order valence-corrected chi connectivity index (χ4v) is 2.76. The van der Waals surface area contributed by atoms with E-state index in [9.17, 15) is 0 Å². The maximum atomic E-state index is 2.44. The molecular formula is C15H23N. The highest BCUT2D eigenvalue weighted by atomic mass is 15.1. The SMILES string of the molecule is CCc1cc(CC2CCN(C)C2)ccc1C. The Balaban J connectivity index is 2.04.